The van der Waals surface area contributed by atoms with Gasteiger partial charge in [-0.05, 0) is 61.1 Å². The number of hydrogen-bond acceptors (Lipinski definition) is 5. The summed E-state index contributed by atoms with van der Waals surface area (Å²) in [5, 5.41) is 0. The predicted molar refractivity (Wildman–Crippen MR) is 113 cm³/mol. The van der Waals surface area contributed by atoms with Crippen LogP contribution in [0.15, 0.2) is 59.9 Å². The van der Waals surface area contributed by atoms with Crippen molar-refractivity contribution in [2.24, 2.45) is 0 Å². The number of methoxy groups -OCH3 is 1. The first-order chi connectivity index (χ1) is 15.1. The number of benzene rings is 2. The molecule has 5 heteroatoms. The summed E-state index contributed by atoms with van der Waals surface area (Å²) in [5.41, 5.74) is 3.19. The first-order valence-corrected chi connectivity index (χ1v) is 11.2. The summed E-state index contributed by atoms with van der Waals surface area (Å²) < 4.78 is 24.7. The maximum Gasteiger partial charge on any atom is 0.341 e. The molecule has 4 aliphatic rings. The van der Waals surface area contributed by atoms with Gasteiger partial charge in [0, 0.05) is 18.4 Å². The molecule has 5 nitrogen and oxygen atoms in total. The molecular weight excluding hydrogens is 392 g/mol. The van der Waals surface area contributed by atoms with E-state index in [0.717, 1.165) is 53.9 Å². The Hall–Kier alpha value is -2.79. The van der Waals surface area contributed by atoms with E-state index in [0.29, 0.717) is 18.4 Å². The van der Waals surface area contributed by atoms with Crippen LogP contribution in [0.2, 0.25) is 0 Å². The third kappa shape index (κ3) is 2.90. The summed E-state index contributed by atoms with van der Waals surface area (Å²) in [7, 11) is 1.65. The highest BCUT2D eigenvalue weighted by molar-refractivity contribution is 5.92. The smallest absolute Gasteiger partial charge is 0.341 e. The second kappa shape index (κ2) is 6.86. The van der Waals surface area contributed by atoms with Crippen molar-refractivity contribution in [1.82, 2.24) is 0 Å². The van der Waals surface area contributed by atoms with Gasteiger partial charge in [0.25, 0.3) is 0 Å². The van der Waals surface area contributed by atoms with Crippen LogP contribution in [0, 0.1) is 0 Å². The quantitative estimate of drug-likeness (QED) is 0.636. The van der Waals surface area contributed by atoms with E-state index >= 15 is 0 Å². The summed E-state index contributed by atoms with van der Waals surface area (Å²) in [6.45, 7) is 0. The van der Waals surface area contributed by atoms with Crippen molar-refractivity contribution in [2.45, 2.75) is 62.4 Å². The Kier molecular flexibility index (Phi) is 4.19. The van der Waals surface area contributed by atoms with E-state index in [1.807, 2.05) is 42.5 Å². The highest BCUT2D eigenvalue weighted by atomic mass is 16.7. The molecule has 0 saturated heterocycles. The van der Waals surface area contributed by atoms with E-state index < -0.39 is 17.5 Å². The van der Waals surface area contributed by atoms with Crippen LogP contribution in [0.4, 0.5) is 0 Å². The molecule has 1 spiro atoms. The number of rotatable bonds is 2. The van der Waals surface area contributed by atoms with Gasteiger partial charge in [0.15, 0.2) is 0 Å². The number of esters is 1. The van der Waals surface area contributed by atoms with Gasteiger partial charge in [0.2, 0.25) is 5.79 Å². The fourth-order valence-electron chi connectivity index (χ4n) is 5.65. The van der Waals surface area contributed by atoms with Crippen LogP contribution in [-0.4, -0.2) is 18.7 Å². The Labute approximate surface area is 182 Å². The monoisotopic (exact) mass is 418 g/mol. The lowest BCUT2D eigenvalue weighted by atomic mass is 9.77. The summed E-state index contributed by atoms with van der Waals surface area (Å²) in [6.07, 6.45) is 5.90. The minimum atomic E-state index is -0.961. The van der Waals surface area contributed by atoms with Crippen LogP contribution in [0.1, 0.15) is 61.3 Å². The molecule has 1 aliphatic carbocycles. The lowest BCUT2D eigenvalue weighted by Gasteiger charge is -2.51. The van der Waals surface area contributed by atoms with E-state index in [1.165, 1.54) is 6.42 Å². The summed E-state index contributed by atoms with van der Waals surface area (Å²) in [6, 6.07) is 16.0. The molecule has 3 heterocycles. The number of fused-ring (bicyclic) bond motifs is 5. The molecule has 3 aliphatic heterocycles. The summed E-state index contributed by atoms with van der Waals surface area (Å²) in [5.74, 6) is 0.288. The fourth-order valence-corrected chi connectivity index (χ4v) is 5.65. The second-order valence-corrected chi connectivity index (χ2v) is 9.10. The minimum absolute atomic E-state index is 0.284. The van der Waals surface area contributed by atoms with Crippen molar-refractivity contribution in [2.75, 3.05) is 7.11 Å². The van der Waals surface area contributed by atoms with Gasteiger partial charge < -0.3 is 18.9 Å². The maximum atomic E-state index is 13.3. The van der Waals surface area contributed by atoms with Crippen molar-refractivity contribution < 1.29 is 23.7 Å². The molecular formula is C26H26O5. The molecule has 0 amide bonds. The van der Waals surface area contributed by atoms with Crippen LogP contribution in [-0.2, 0) is 31.2 Å². The average Bonchev–Trinajstić information content (AvgIpc) is 2.79. The van der Waals surface area contributed by atoms with E-state index in [-0.39, 0.29) is 5.97 Å². The zero-order valence-corrected chi connectivity index (χ0v) is 17.7. The molecule has 2 aromatic carbocycles. The van der Waals surface area contributed by atoms with Gasteiger partial charge in [-0.3, -0.25) is 0 Å². The molecule has 1 unspecified atom stereocenters. The molecule has 6 rings (SSSR count). The molecule has 2 aromatic rings. The number of carbonyl (C=O) groups is 1. The predicted octanol–water partition coefficient (Wildman–Crippen LogP) is 5.10. The standard InChI is InChI=1S/C26H26O5/c1-28-19-11-9-18(10-12-19)26-15-17-7-3-4-8-20(17)23(30-26)22-21(29-26)16-25(31-24(22)27)13-5-2-6-14-25/h3-4,7-12,23H,2,5-6,13-16H2,1H3/t23?,26-/m0/s1. The van der Waals surface area contributed by atoms with Crippen molar-refractivity contribution in [3.8, 4) is 5.75 Å². The van der Waals surface area contributed by atoms with Gasteiger partial charge in [0.05, 0.1) is 7.11 Å². The maximum absolute atomic E-state index is 13.3. The van der Waals surface area contributed by atoms with Crippen LogP contribution < -0.4 is 4.74 Å². The normalized spacial score (nSPS) is 28.3. The molecule has 31 heavy (non-hydrogen) atoms. The Morgan fingerprint density at radius 2 is 1.71 bits per heavy atom. The van der Waals surface area contributed by atoms with E-state index in [2.05, 4.69) is 6.07 Å². The van der Waals surface area contributed by atoms with Crippen LogP contribution in [0.5, 0.6) is 5.75 Å². The Bertz CT molecular complexity index is 1060. The van der Waals surface area contributed by atoms with Gasteiger partial charge in [-0.1, -0.05) is 30.7 Å². The molecule has 2 atom stereocenters. The molecule has 0 aromatic heterocycles. The van der Waals surface area contributed by atoms with Crippen LogP contribution >= 0.6 is 0 Å². The molecule has 2 bridgehead atoms. The highest BCUT2D eigenvalue weighted by Gasteiger charge is 2.55. The molecule has 0 N–H and O–H groups in total. The Balaban J connectivity index is 1.49. The van der Waals surface area contributed by atoms with Gasteiger partial charge in [-0.2, -0.15) is 0 Å². The highest BCUT2D eigenvalue weighted by Crippen LogP contribution is 2.55. The number of carbonyl (C=O) groups excluding carboxylic acids is 1. The Morgan fingerprint density at radius 1 is 0.935 bits per heavy atom. The summed E-state index contributed by atoms with van der Waals surface area (Å²) >= 11 is 0. The van der Waals surface area contributed by atoms with Crippen LogP contribution in [0.3, 0.4) is 0 Å². The number of ether oxygens (including phenoxy) is 4. The number of hydrogen-bond donors (Lipinski definition) is 0. The fraction of sp³-hybridized carbons (Fsp3) is 0.423. The minimum Gasteiger partial charge on any atom is -0.497 e. The van der Waals surface area contributed by atoms with E-state index in [1.54, 1.807) is 7.11 Å². The largest absolute Gasteiger partial charge is 0.497 e. The Morgan fingerprint density at radius 3 is 2.48 bits per heavy atom. The van der Waals surface area contributed by atoms with Crippen molar-refractivity contribution in [3.63, 3.8) is 0 Å². The van der Waals surface area contributed by atoms with E-state index in [4.69, 9.17) is 18.9 Å². The second-order valence-electron chi connectivity index (χ2n) is 9.10. The lowest BCUT2D eigenvalue weighted by molar-refractivity contribution is -0.278. The zero-order valence-electron chi connectivity index (χ0n) is 17.7. The SMILES string of the molecule is COc1ccc([C@]23Cc4ccccc4C(O2)C2=C(CC4(CCCCC4)OC2=O)O3)cc1. The van der Waals surface area contributed by atoms with Crippen molar-refractivity contribution in [1.29, 1.82) is 0 Å². The van der Waals surface area contributed by atoms with Crippen LogP contribution in [0.25, 0.3) is 0 Å². The first kappa shape index (κ1) is 18.9. The third-order valence-electron chi connectivity index (χ3n) is 7.23. The third-order valence-corrected chi connectivity index (χ3v) is 7.23. The van der Waals surface area contributed by atoms with Gasteiger partial charge in [-0.15, -0.1) is 0 Å². The zero-order chi connectivity index (χ0) is 21.1. The van der Waals surface area contributed by atoms with Gasteiger partial charge >= 0.3 is 5.97 Å². The molecule has 1 saturated carbocycles. The molecule has 160 valence electrons. The molecule has 0 radical (unpaired) electrons. The topological polar surface area (TPSA) is 54.0 Å². The first-order valence-electron chi connectivity index (χ1n) is 11.2. The average molecular weight is 418 g/mol. The van der Waals surface area contributed by atoms with Crippen molar-refractivity contribution in [3.05, 3.63) is 76.6 Å². The van der Waals surface area contributed by atoms with E-state index in [9.17, 15) is 4.79 Å². The van der Waals surface area contributed by atoms with Gasteiger partial charge in [0.1, 0.15) is 28.8 Å². The van der Waals surface area contributed by atoms with Crippen molar-refractivity contribution >= 4 is 5.97 Å². The lowest BCUT2D eigenvalue weighted by Crippen LogP contribution is -2.51. The summed E-state index contributed by atoms with van der Waals surface area (Å²) in [4.78, 5) is 13.3. The van der Waals surface area contributed by atoms with Gasteiger partial charge in [-0.25, -0.2) is 4.79 Å². The molecule has 1 fully saturated rings.